The second-order valence-corrected chi connectivity index (χ2v) is 9.11. The van der Waals surface area contributed by atoms with Crippen molar-refractivity contribution in [3.8, 4) is 0 Å². The molecule has 0 radical (unpaired) electrons. The summed E-state index contributed by atoms with van der Waals surface area (Å²) in [4.78, 5) is 24.6. The van der Waals surface area contributed by atoms with Crippen LogP contribution in [0.25, 0.3) is 0 Å². The van der Waals surface area contributed by atoms with Gasteiger partial charge in [-0.15, -0.1) is 0 Å². The monoisotopic (exact) mass is 383 g/mol. The third kappa shape index (κ3) is 8.44. The highest BCUT2D eigenvalue weighted by molar-refractivity contribution is 7.92. The van der Waals surface area contributed by atoms with Crippen molar-refractivity contribution in [3.63, 3.8) is 0 Å². The number of carbonyl (C=O) groups excluding carboxylic acids is 2. The number of hydrogen-bond donors (Lipinski definition) is 3. The average molecular weight is 384 g/mol. The van der Waals surface area contributed by atoms with Crippen LogP contribution in [-0.4, -0.2) is 37.9 Å². The van der Waals surface area contributed by atoms with E-state index in [2.05, 4.69) is 15.4 Å². The summed E-state index contributed by atoms with van der Waals surface area (Å²) in [5.74, 6) is -1.14. The molecule has 0 saturated heterocycles. The van der Waals surface area contributed by atoms with E-state index in [1.165, 1.54) is 0 Å². The summed E-state index contributed by atoms with van der Waals surface area (Å²) in [6, 6.07) is 6.12. The fourth-order valence-corrected chi connectivity index (χ4v) is 3.02. The summed E-state index contributed by atoms with van der Waals surface area (Å²) in [5.41, 5.74) is 0.820. The van der Waals surface area contributed by atoms with Crippen LogP contribution in [0, 0.1) is 0 Å². The number of carbonyl (C=O) groups is 2. The minimum absolute atomic E-state index is 0.137. The van der Waals surface area contributed by atoms with Gasteiger partial charge in [-0.05, 0) is 44.9 Å². The number of nitrogens with one attached hydrogen (secondary N) is 3. The van der Waals surface area contributed by atoms with Crippen LogP contribution in [0.5, 0.6) is 0 Å². The van der Waals surface area contributed by atoms with Crippen LogP contribution in [-0.2, 0) is 26.2 Å². The molecule has 1 rings (SSSR count). The molecule has 0 fully saturated rings. The first-order valence-corrected chi connectivity index (χ1v) is 10.5. The first kappa shape index (κ1) is 22.1. The maximum Gasteiger partial charge on any atom is 0.289 e. The van der Waals surface area contributed by atoms with E-state index in [1.807, 2.05) is 27.7 Å². The predicted molar refractivity (Wildman–Crippen MR) is 103 cm³/mol. The lowest BCUT2D eigenvalue weighted by Gasteiger charge is -2.27. The summed E-state index contributed by atoms with van der Waals surface area (Å²) in [5, 5.41) is 5.79. The number of sulfonamides is 1. The number of amides is 1. The number of benzene rings is 1. The molecular weight excluding hydrogens is 354 g/mol. The first-order chi connectivity index (χ1) is 11.9. The number of rotatable bonds is 9. The highest BCUT2D eigenvalue weighted by atomic mass is 32.2. The van der Waals surface area contributed by atoms with Gasteiger partial charge in [0.15, 0.2) is 0 Å². The number of ketones is 1. The minimum Gasteiger partial charge on any atom is -0.345 e. The van der Waals surface area contributed by atoms with Crippen LogP contribution >= 0.6 is 0 Å². The molecule has 1 aromatic rings. The zero-order chi connectivity index (χ0) is 20.0. The maximum absolute atomic E-state index is 12.4. The molecule has 0 aliphatic rings. The van der Waals surface area contributed by atoms with Crippen molar-refractivity contribution in [1.29, 1.82) is 0 Å². The Bertz CT molecular complexity index is 739. The van der Waals surface area contributed by atoms with Gasteiger partial charge in [-0.25, -0.2) is 8.42 Å². The third-order valence-electron chi connectivity index (χ3n) is 3.41. The molecule has 0 saturated carbocycles. The van der Waals surface area contributed by atoms with Crippen LogP contribution in [0.3, 0.4) is 0 Å². The van der Waals surface area contributed by atoms with E-state index in [4.69, 9.17) is 0 Å². The Balaban J connectivity index is 2.72. The Hall–Kier alpha value is -1.93. The van der Waals surface area contributed by atoms with Gasteiger partial charge in [0, 0.05) is 17.8 Å². The lowest BCUT2D eigenvalue weighted by Crippen LogP contribution is -2.51. The highest BCUT2D eigenvalue weighted by Crippen LogP contribution is 2.12. The van der Waals surface area contributed by atoms with Crippen LogP contribution in [0.1, 0.15) is 46.1 Å². The van der Waals surface area contributed by atoms with E-state index in [0.717, 1.165) is 12.7 Å². The number of hydrogen-bond acceptors (Lipinski definition) is 5. The Labute approximate surface area is 156 Å². The van der Waals surface area contributed by atoms with E-state index in [1.54, 1.807) is 24.3 Å². The number of Topliss-reactive ketones (excluding diaryl/α,β-unsaturated/α-hetero) is 1. The van der Waals surface area contributed by atoms with E-state index in [9.17, 15) is 18.0 Å². The van der Waals surface area contributed by atoms with Gasteiger partial charge in [0.05, 0.1) is 12.3 Å². The predicted octanol–water partition coefficient (Wildman–Crippen LogP) is 1.80. The molecule has 1 amide bonds. The molecular formula is C18H29N3O4S. The van der Waals surface area contributed by atoms with Gasteiger partial charge >= 0.3 is 0 Å². The lowest BCUT2D eigenvalue weighted by molar-refractivity contribution is -0.139. The second kappa shape index (κ2) is 9.14. The quantitative estimate of drug-likeness (QED) is 0.564. The zero-order valence-electron chi connectivity index (χ0n) is 16.0. The van der Waals surface area contributed by atoms with Crippen molar-refractivity contribution in [2.75, 3.05) is 11.0 Å². The number of anilines is 1. The fraction of sp³-hybridized carbons (Fsp3) is 0.556. The molecule has 0 heterocycles. The van der Waals surface area contributed by atoms with Crippen molar-refractivity contribution in [1.82, 2.24) is 10.6 Å². The van der Waals surface area contributed by atoms with E-state index in [-0.39, 0.29) is 12.1 Å². The maximum atomic E-state index is 12.4. The van der Waals surface area contributed by atoms with Crippen LogP contribution in [0.15, 0.2) is 24.3 Å². The Kier molecular flexibility index (Phi) is 7.77. The Morgan fingerprint density at radius 1 is 1.19 bits per heavy atom. The van der Waals surface area contributed by atoms with Crippen molar-refractivity contribution < 1.29 is 18.0 Å². The van der Waals surface area contributed by atoms with Crippen LogP contribution in [0.4, 0.5) is 5.69 Å². The average Bonchev–Trinajstić information content (AvgIpc) is 2.49. The normalized spacial score (nSPS) is 13.1. The topological polar surface area (TPSA) is 104 Å². The van der Waals surface area contributed by atoms with Gasteiger partial charge in [-0.1, -0.05) is 25.5 Å². The van der Waals surface area contributed by atoms with Gasteiger partial charge in [0.2, 0.25) is 15.8 Å². The first-order valence-electron chi connectivity index (χ1n) is 8.58. The largest absolute Gasteiger partial charge is 0.345 e. The van der Waals surface area contributed by atoms with Crippen LogP contribution < -0.4 is 15.4 Å². The van der Waals surface area contributed by atoms with Crippen molar-refractivity contribution in [3.05, 3.63) is 29.8 Å². The molecule has 0 aliphatic carbocycles. The lowest BCUT2D eigenvalue weighted by atomic mass is 10.0. The summed E-state index contributed by atoms with van der Waals surface area (Å²) in [6.45, 7) is 7.93. The minimum atomic E-state index is -3.37. The molecule has 146 valence electrons. The molecule has 0 spiro atoms. The van der Waals surface area contributed by atoms with Gasteiger partial charge in [0.1, 0.15) is 0 Å². The van der Waals surface area contributed by atoms with Crippen molar-refractivity contribution in [2.45, 2.75) is 58.7 Å². The summed E-state index contributed by atoms with van der Waals surface area (Å²) in [6.07, 6.45) is 2.43. The standard InChI is InChI=1S/C18H29N3O4S/c1-6-8-15(20-18(2,3)4)16(22)17(23)19-12-13-9-7-10-14(11-13)21-26(5,24)25/h7,9-11,15,20-21H,6,8,12H2,1-5H3,(H,19,23). The SMILES string of the molecule is CCCC(NC(C)(C)C)C(=O)C(=O)NCc1cccc(NS(C)(=O)=O)c1. The van der Waals surface area contributed by atoms with E-state index >= 15 is 0 Å². The van der Waals surface area contributed by atoms with Crippen molar-refractivity contribution in [2.24, 2.45) is 0 Å². The van der Waals surface area contributed by atoms with E-state index < -0.39 is 27.8 Å². The molecule has 8 heteroatoms. The fourth-order valence-electron chi connectivity index (χ4n) is 2.47. The molecule has 0 aromatic heterocycles. The molecule has 26 heavy (non-hydrogen) atoms. The van der Waals surface area contributed by atoms with Crippen molar-refractivity contribution >= 4 is 27.4 Å². The van der Waals surface area contributed by atoms with Crippen LogP contribution in [0.2, 0.25) is 0 Å². The summed E-state index contributed by atoms with van der Waals surface area (Å²) >= 11 is 0. The molecule has 0 bridgehead atoms. The smallest absolute Gasteiger partial charge is 0.289 e. The molecule has 1 aromatic carbocycles. The molecule has 3 N–H and O–H groups in total. The van der Waals surface area contributed by atoms with Gasteiger partial charge in [0.25, 0.3) is 5.91 Å². The summed E-state index contributed by atoms with van der Waals surface area (Å²) < 4.78 is 24.9. The van der Waals surface area contributed by atoms with Gasteiger partial charge in [-0.2, -0.15) is 0 Å². The Morgan fingerprint density at radius 3 is 2.38 bits per heavy atom. The summed E-state index contributed by atoms with van der Waals surface area (Å²) in [7, 11) is -3.37. The molecule has 1 atom stereocenters. The molecule has 0 aliphatic heterocycles. The van der Waals surface area contributed by atoms with Gasteiger partial charge < -0.3 is 10.6 Å². The second-order valence-electron chi connectivity index (χ2n) is 7.36. The Morgan fingerprint density at radius 2 is 1.85 bits per heavy atom. The molecule has 7 nitrogen and oxygen atoms in total. The third-order valence-corrected chi connectivity index (χ3v) is 4.01. The van der Waals surface area contributed by atoms with E-state index in [0.29, 0.717) is 17.7 Å². The highest BCUT2D eigenvalue weighted by Gasteiger charge is 2.27. The molecule has 1 unspecified atom stereocenters. The van der Waals surface area contributed by atoms with Gasteiger partial charge in [-0.3, -0.25) is 14.3 Å². The zero-order valence-corrected chi connectivity index (χ0v) is 16.9.